The van der Waals surface area contributed by atoms with Crippen molar-refractivity contribution in [3.05, 3.63) is 30.3 Å². The predicted octanol–water partition coefficient (Wildman–Crippen LogP) is 1.06. The fourth-order valence-electron chi connectivity index (χ4n) is 2.29. The third-order valence-electron chi connectivity index (χ3n) is 3.11. The van der Waals surface area contributed by atoms with E-state index in [0.29, 0.717) is 18.0 Å². The maximum atomic E-state index is 12.4. The maximum absolute atomic E-state index is 12.4. The van der Waals surface area contributed by atoms with Gasteiger partial charge in [0.05, 0.1) is 4.90 Å². The van der Waals surface area contributed by atoms with Crippen LogP contribution in [0.4, 0.5) is 0 Å². The Morgan fingerprint density at radius 3 is 2.71 bits per heavy atom. The summed E-state index contributed by atoms with van der Waals surface area (Å²) in [6, 6.07) is 8.75. The Kier molecular flexibility index (Phi) is 3.81. The summed E-state index contributed by atoms with van der Waals surface area (Å²) in [4.78, 5) is 0.392. The normalized spacial score (nSPS) is 21.8. The van der Waals surface area contributed by atoms with Gasteiger partial charge in [0.2, 0.25) is 10.0 Å². The number of nitrogens with one attached hydrogen (secondary N) is 1. The lowest BCUT2D eigenvalue weighted by atomic mass is 10.2. The van der Waals surface area contributed by atoms with Crippen molar-refractivity contribution in [3.8, 4) is 0 Å². The molecule has 1 aliphatic heterocycles. The molecule has 1 heterocycles. The molecule has 1 atom stereocenters. The third kappa shape index (κ3) is 2.51. The van der Waals surface area contributed by atoms with Gasteiger partial charge < -0.3 is 5.32 Å². The first-order chi connectivity index (χ1) is 8.16. The molecule has 94 valence electrons. The van der Waals surface area contributed by atoms with Crippen LogP contribution in [-0.2, 0) is 10.0 Å². The van der Waals surface area contributed by atoms with Crippen molar-refractivity contribution in [1.82, 2.24) is 9.62 Å². The Morgan fingerprint density at radius 1 is 1.35 bits per heavy atom. The summed E-state index contributed by atoms with van der Waals surface area (Å²) in [5.74, 6) is 0. The lowest BCUT2D eigenvalue weighted by Gasteiger charge is -2.23. The minimum atomic E-state index is -3.32. The van der Waals surface area contributed by atoms with E-state index in [1.807, 2.05) is 13.1 Å². The van der Waals surface area contributed by atoms with Gasteiger partial charge in [-0.15, -0.1) is 0 Å². The lowest BCUT2D eigenvalue weighted by molar-refractivity contribution is 0.379. The molecule has 17 heavy (non-hydrogen) atoms. The molecule has 0 aliphatic carbocycles. The number of nitrogens with zero attached hydrogens (tertiary/aromatic N) is 1. The molecule has 0 bridgehead atoms. The predicted molar refractivity (Wildman–Crippen MR) is 67.3 cm³/mol. The molecule has 4 nitrogen and oxygen atoms in total. The van der Waals surface area contributed by atoms with Crippen LogP contribution < -0.4 is 5.32 Å². The lowest BCUT2D eigenvalue weighted by Crippen LogP contribution is -2.40. The summed E-state index contributed by atoms with van der Waals surface area (Å²) < 4.78 is 26.5. The largest absolute Gasteiger partial charge is 0.318 e. The second kappa shape index (κ2) is 5.16. The average molecular weight is 254 g/mol. The van der Waals surface area contributed by atoms with Crippen molar-refractivity contribution in [1.29, 1.82) is 0 Å². The minimum Gasteiger partial charge on any atom is -0.318 e. The van der Waals surface area contributed by atoms with Gasteiger partial charge in [-0.25, -0.2) is 8.42 Å². The van der Waals surface area contributed by atoms with Crippen LogP contribution in [0.1, 0.15) is 12.8 Å². The van der Waals surface area contributed by atoms with Crippen molar-refractivity contribution in [3.63, 3.8) is 0 Å². The van der Waals surface area contributed by atoms with Crippen LogP contribution in [-0.4, -0.2) is 38.9 Å². The SMILES string of the molecule is CNCC1CCCN1S(=O)(=O)c1ccccc1. The van der Waals surface area contributed by atoms with E-state index in [0.717, 1.165) is 12.8 Å². The first kappa shape index (κ1) is 12.5. The Morgan fingerprint density at radius 2 is 2.06 bits per heavy atom. The average Bonchev–Trinajstić information content (AvgIpc) is 2.80. The summed E-state index contributed by atoms with van der Waals surface area (Å²) in [6.45, 7) is 1.34. The van der Waals surface area contributed by atoms with Crippen molar-refractivity contribution >= 4 is 10.0 Å². The van der Waals surface area contributed by atoms with E-state index in [9.17, 15) is 8.42 Å². The zero-order valence-electron chi connectivity index (χ0n) is 9.96. The van der Waals surface area contributed by atoms with Gasteiger partial charge >= 0.3 is 0 Å². The van der Waals surface area contributed by atoms with Crippen LogP contribution >= 0.6 is 0 Å². The van der Waals surface area contributed by atoms with Crippen LogP contribution in [0.25, 0.3) is 0 Å². The molecule has 1 aromatic rings. The van der Waals surface area contributed by atoms with Crippen molar-refractivity contribution in [2.75, 3.05) is 20.1 Å². The van der Waals surface area contributed by atoms with E-state index in [-0.39, 0.29) is 6.04 Å². The van der Waals surface area contributed by atoms with E-state index in [1.54, 1.807) is 28.6 Å². The molecule has 1 saturated heterocycles. The number of hydrogen-bond donors (Lipinski definition) is 1. The van der Waals surface area contributed by atoms with Crippen LogP contribution in [0.2, 0.25) is 0 Å². The second-order valence-electron chi connectivity index (χ2n) is 4.28. The Bertz CT molecular complexity index is 459. The fraction of sp³-hybridized carbons (Fsp3) is 0.500. The topological polar surface area (TPSA) is 49.4 Å². The Hall–Kier alpha value is -0.910. The highest BCUT2D eigenvalue weighted by Gasteiger charge is 2.34. The summed E-state index contributed by atoms with van der Waals surface area (Å²) in [5, 5.41) is 3.06. The third-order valence-corrected chi connectivity index (χ3v) is 5.08. The van der Waals surface area contributed by atoms with Crippen molar-refractivity contribution < 1.29 is 8.42 Å². The smallest absolute Gasteiger partial charge is 0.243 e. The standard InChI is InChI=1S/C12H18N2O2S/c1-13-10-11-6-5-9-14(11)17(15,16)12-7-3-2-4-8-12/h2-4,7-8,11,13H,5-6,9-10H2,1H3. The first-order valence-electron chi connectivity index (χ1n) is 5.88. The molecule has 0 radical (unpaired) electrons. The van der Waals surface area contributed by atoms with Gasteiger partial charge in [0.15, 0.2) is 0 Å². The number of sulfonamides is 1. The van der Waals surface area contributed by atoms with Gasteiger partial charge in [0.1, 0.15) is 0 Å². The molecule has 5 heteroatoms. The summed E-state index contributed by atoms with van der Waals surface area (Å²) >= 11 is 0. The van der Waals surface area contributed by atoms with Crippen molar-refractivity contribution in [2.24, 2.45) is 0 Å². The molecule has 1 N–H and O–H groups in total. The molecule has 0 aromatic heterocycles. The fourth-order valence-corrected chi connectivity index (χ4v) is 4.01. The molecule has 1 aromatic carbocycles. The highest BCUT2D eigenvalue weighted by atomic mass is 32.2. The van der Waals surface area contributed by atoms with Crippen LogP contribution in [0.5, 0.6) is 0 Å². The Balaban J connectivity index is 2.27. The van der Waals surface area contributed by atoms with Crippen LogP contribution in [0.15, 0.2) is 35.2 Å². The molecule has 0 amide bonds. The zero-order valence-corrected chi connectivity index (χ0v) is 10.8. The zero-order chi connectivity index (χ0) is 12.3. The highest BCUT2D eigenvalue weighted by molar-refractivity contribution is 7.89. The summed E-state index contributed by atoms with van der Waals surface area (Å²) in [7, 11) is -1.46. The summed E-state index contributed by atoms with van der Waals surface area (Å²) in [6.07, 6.45) is 1.88. The van der Waals surface area contributed by atoms with Gasteiger partial charge in [0, 0.05) is 19.1 Å². The van der Waals surface area contributed by atoms with E-state index in [4.69, 9.17) is 0 Å². The first-order valence-corrected chi connectivity index (χ1v) is 7.32. The minimum absolute atomic E-state index is 0.0882. The van der Waals surface area contributed by atoms with Crippen molar-refractivity contribution in [2.45, 2.75) is 23.8 Å². The van der Waals surface area contributed by atoms with Gasteiger partial charge in [-0.3, -0.25) is 0 Å². The van der Waals surface area contributed by atoms with Gasteiger partial charge in [-0.2, -0.15) is 4.31 Å². The van der Waals surface area contributed by atoms with E-state index in [2.05, 4.69) is 5.32 Å². The summed E-state index contributed by atoms with van der Waals surface area (Å²) in [5.41, 5.74) is 0. The quantitative estimate of drug-likeness (QED) is 0.874. The number of benzene rings is 1. The van der Waals surface area contributed by atoms with Gasteiger partial charge in [-0.05, 0) is 32.0 Å². The Labute approximate surface area is 103 Å². The van der Waals surface area contributed by atoms with Crippen LogP contribution in [0.3, 0.4) is 0 Å². The molecule has 0 spiro atoms. The van der Waals surface area contributed by atoms with E-state index < -0.39 is 10.0 Å². The maximum Gasteiger partial charge on any atom is 0.243 e. The highest BCUT2D eigenvalue weighted by Crippen LogP contribution is 2.25. The molecule has 1 unspecified atom stereocenters. The monoisotopic (exact) mass is 254 g/mol. The molecule has 1 fully saturated rings. The molecule has 0 saturated carbocycles. The number of hydrogen-bond acceptors (Lipinski definition) is 3. The van der Waals surface area contributed by atoms with E-state index >= 15 is 0 Å². The van der Waals surface area contributed by atoms with Crippen LogP contribution in [0, 0.1) is 0 Å². The van der Waals surface area contributed by atoms with Gasteiger partial charge in [0.25, 0.3) is 0 Å². The number of rotatable bonds is 4. The molecule has 2 rings (SSSR count). The molecule has 1 aliphatic rings. The van der Waals surface area contributed by atoms with Gasteiger partial charge in [-0.1, -0.05) is 18.2 Å². The molecular weight excluding hydrogens is 236 g/mol. The van der Waals surface area contributed by atoms with E-state index in [1.165, 1.54) is 0 Å². The number of likely N-dealkylation sites (N-methyl/N-ethyl adjacent to an activating group) is 1. The second-order valence-corrected chi connectivity index (χ2v) is 6.17. The molecular formula is C12H18N2O2S.